The zero-order valence-electron chi connectivity index (χ0n) is 15.2. The number of carbonyl (C=O) groups is 2. The van der Waals surface area contributed by atoms with Gasteiger partial charge in [0.05, 0.1) is 11.7 Å². The van der Waals surface area contributed by atoms with Gasteiger partial charge in [-0.1, -0.05) is 25.0 Å². The summed E-state index contributed by atoms with van der Waals surface area (Å²) in [6.45, 7) is 1.93. The highest BCUT2D eigenvalue weighted by atomic mass is 19.1. The van der Waals surface area contributed by atoms with Crippen LogP contribution in [0, 0.1) is 5.82 Å². The van der Waals surface area contributed by atoms with Crippen LogP contribution >= 0.6 is 0 Å². The molecule has 0 unspecified atom stereocenters. The van der Waals surface area contributed by atoms with Gasteiger partial charge in [0, 0.05) is 26.2 Å². The number of halogens is 1. The van der Waals surface area contributed by atoms with E-state index in [4.69, 9.17) is 4.42 Å². The zero-order valence-corrected chi connectivity index (χ0v) is 15.2. The zero-order chi connectivity index (χ0) is 18.9. The van der Waals surface area contributed by atoms with Gasteiger partial charge in [0.2, 0.25) is 5.91 Å². The molecule has 27 heavy (non-hydrogen) atoms. The summed E-state index contributed by atoms with van der Waals surface area (Å²) in [4.78, 5) is 29.4. The van der Waals surface area contributed by atoms with Crippen molar-refractivity contribution in [3.05, 3.63) is 59.8 Å². The fourth-order valence-electron chi connectivity index (χ4n) is 4.36. The molecule has 2 amide bonds. The fraction of sp³-hybridized carbons (Fsp3) is 0.429. The van der Waals surface area contributed by atoms with Gasteiger partial charge in [0.25, 0.3) is 5.91 Å². The van der Waals surface area contributed by atoms with E-state index in [0.29, 0.717) is 31.9 Å². The molecule has 1 aromatic heterocycles. The molecule has 2 heterocycles. The van der Waals surface area contributed by atoms with Gasteiger partial charge in [-0.25, -0.2) is 4.39 Å². The molecule has 0 radical (unpaired) electrons. The maximum Gasteiger partial charge on any atom is 0.289 e. The molecule has 142 valence electrons. The smallest absolute Gasteiger partial charge is 0.289 e. The van der Waals surface area contributed by atoms with Crippen LogP contribution in [0.1, 0.15) is 41.8 Å². The first-order valence-electron chi connectivity index (χ1n) is 9.48. The Hall–Kier alpha value is -2.63. The van der Waals surface area contributed by atoms with Gasteiger partial charge in [-0.05, 0) is 42.7 Å². The van der Waals surface area contributed by atoms with Crippen molar-refractivity contribution in [2.24, 2.45) is 0 Å². The van der Waals surface area contributed by atoms with Crippen LogP contribution in [0.3, 0.4) is 0 Å². The van der Waals surface area contributed by atoms with E-state index >= 15 is 0 Å². The van der Waals surface area contributed by atoms with Crippen molar-refractivity contribution in [3.8, 4) is 0 Å². The number of benzene rings is 1. The Kier molecular flexibility index (Phi) is 4.72. The lowest BCUT2D eigenvalue weighted by atomic mass is 9.77. The standard InChI is InChI=1S/C21H23FN2O3/c22-17-6-3-5-16(15-17)21(8-1-2-9-21)20(26)24-12-10-23(11-13-24)19(25)18-7-4-14-27-18/h3-7,14-15H,1-2,8-13H2. The summed E-state index contributed by atoms with van der Waals surface area (Å²) < 4.78 is 19.0. The minimum absolute atomic E-state index is 0.0655. The minimum Gasteiger partial charge on any atom is -0.459 e. The van der Waals surface area contributed by atoms with Crippen LogP contribution in [0.25, 0.3) is 0 Å². The molecule has 0 atom stereocenters. The van der Waals surface area contributed by atoms with Crippen molar-refractivity contribution in [1.29, 1.82) is 0 Å². The van der Waals surface area contributed by atoms with Crippen molar-refractivity contribution >= 4 is 11.8 Å². The average molecular weight is 370 g/mol. The molecule has 1 aromatic carbocycles. The van der Waals surface area contributed by atoms with Crippen LogP contribution in [0.15, 0.2) is 47.1 Å². The molecule has 0 N–H and O–H groups in total. The summed E-state index contributed by atoms with van der Waals surface area (Å²) in [6.07, 6.45) is 4.93. The maximum atomic E-state index is 13.8. The quantitative estimate of drug-likeness (QED) is 0.834. The average Bonchev–Trinajstić information content (AvgIpc) is 3.40. The first-order chi connectivity index (χ1) is 13.1. The van der Waals surface area contributed by atoms with Crippen molar-refractivity contribution < 1.29 is 18.4 Å². The van der Waals surface area contributed by atoms with E-state index < -0.39 is 5.41 Å². The van der Waals surface area contributed by atoms with Gasteiger partial charge >= 0.3 is 0 Å². The van der Waals surface area contributed by atoms with Crippen LogP contribution in [-0.4, -0.2) is 47.8 Å². The van der Waals surface area contributed by atoms with Crippen molar-refractivity contribution in [2.45, 2.75) is 31.1 Å². The van der Waals surface area contributed by atoms with Gasteiger partial charge in [0.15, 0.2) is 5.76 Å². The third-order valence-electron chi connectivity index (χ3n) is 5.83. The Balaban J connectivity index is 1.48. The Morgan fingerprint density at radius 3 is 2.30 bits per heavy atom. The van der Waals surface area contributed by atoms with Crippen molar-refractivity contribution in [3.63, 3.8) is 0 Å². The number of hydrogen-bond donors (Lipinski definition) is 0. The Morgan fingerprint density at radius 2 is 1.67 bits per heavy atom. The van der Waals surface area contributed by atoms with Gasteiger partial charge < -0.3 is 14.2 Å². The van der Waals surface area contributed by atoms with Crippen LogP contribution in [0.2, 0.25) is 0 Å². The predicted molar refractivity (Wildman–Crippen MR) is 97.7 cm³/mol. The molecular weight excluding hydrogens is 347 g/mol. The largest absolute Gasteiger partial charge is 0.459 e. The first kappa shape index (κ1) is 17.8. The van der Waals surface area contributed by atoms with Gasteiger partial charge in [-0.2, -0.15) is 0 Å². The molecule has 1 aliphatic heterocycles. The van der Waals surface area contributed by atoms with Gasteiger partial charge in [0.1, 0.15) is 5.82 Å². The summed E-state index contributed by atoms with van der Waals surface area (Å²) >= 11 is 0. The Morgan fingerprint density at radius 1 is 0.963 bits per heavy atom. The SMILES string of the molecule is O=C(c1ccco1)N1CCN(C(=O)C2(c3cccc(F)c3)CCCC2)CC1. The number of piperazine rings is 1. The van der Waals surface area contributed by atoms with Gasteiger partial charge in [-0.15, -0.1) is 0 Å². The molecule has 5 nitrogen and oxygen atoms in total. The van der Waals surface area contributed by atoms with Crippen LogP contribution < -0.4 is 0 Å². The van der Waals surface area contributed by atoms with E-state index in [-0.39, 0.29) is 17.6 Å². The molecule has 1 saturated heterocycles. The molecule has 2 aliphatic rings. The topological polar surface area (TPSA) is 53.8 Å². The van der Waals surface area contributed by atoms with E-state index in [1.807, 2.05) is 11.0 Å². The number of amides is 2. The second kappa shape index (κ2) is 7.18. The molecular formula is C21H23FN2O3. The summed E-state index contributed by atoms with van der Waals surface area (Å²) in [6, 6.07) is 9.80. The normalized spacial score (nSPS) is 19.3. The molecule has 6 heteroatoms. The van der Waals surface area contributed by atoms with E-state index in [9.17, 15) is 14.0 Å². The van der Waals surface area contributed by atoms with Crippen molar-refractivity contribution in [1.82, 2.24) is 9.80 Å². The Bertz CT molecular complexity index is 820. The molecule has 4 rings (SSSR count). The molecule has 2 fully saturated rings. The Labute approximate surface area is 157 Å². The molecule has 2 aromatic rings. The number of carbonyl (C=O) groups excluding carboxylic acids is 2. The second-order valence-corrected chi connectivity index (χ2v) is 7.36. The van der Waals surface area contributed by atoms with Crippen LogP contribution in [0.4, 0.5) is 4.39 Å². The maximum absolute atomic E-state index is 13.8. The van der Waals surface area contributed by atoms with Crippen LogP contribution in [0.5, 0.6) is 0 Å². The first-order valence-corrected chi connectivity index (χ1v) is 9.48. The van der Waals surface area contributed by atoms with E-state index in [0.717, 1.165) is 31.2 Å². The number of hydrogen-bond acceptors (Lipinski definition) is 3. The summed E-state index contributed by atoms with van der Waals surface area (Å²) in [7, 11) is 0. The van der Waals surface area contributed by atoms with Crippen LogP contribution in [-0.2, 0) is 10.2 Å². The van der Waals surface area contributed by atoms with Crippen molar-refractivity contribution in [2.75, 3.05) is 26.2 Å². The number of nitrogens with zero attached hydrogens (tertiary/aromatic N) is 2. The lowest BCUT2D eigenvalue weighted by Gasteiger charge is -2.40. The third kappa shape index (κ3) is 3.24. The number of rotatable bonds is 3. The monoisotopic (exact) mass is 370 g/mol. The number of furan rings is 1. The highest BCUT2D eigenvalue weighted by Crippen LogP contribution is 2.43. The van der Waals surface area contributed by atoms with E-state index in [1.165, 1.54) is 18.4 Å². The minimum atomic E-state index is -0.630. The molecule has 0 bridgehead atoms. The fourth-order valence-corrected chi connectivity index (χ4v) is 4.36. The van der Waals surface area contributed by atoms with E-state index in [1.54, 1.807) is 23.1 Å². The predicted octanol–water partition coefficient (Wildman–Crippen LogP) is 3.22. The van der Waals surface area contributed by atoms with Gasteiger partial charge in [-0.3, -0.25) is 9.59 Å². The lowest BCUT2D eigenvalue weighted by molar-refractivity contribution is -0.138. The third-order valence-corrected chi connectivity index (χ3v) is 5.83. The van der Waals surface area contributed by atoms with E-state index in [2.05, 4.69) is 0 Å². The second-order valence-electron chi connectivity index (χ2n) is 7.36. The molecule has 1 saturated carbocycles. The summed E-state index contributed by atoms with van der Waals surface area (Å²) in [5.41, 5.74) is 0.147. The summed E-state index contributed by atoms with van der Waals surface area (Å²) in [5, 5.41) is 0. The molecule has 1 aliphatic carbocycles. The molecule has 0 spiro atoms. The lowest BCUT2D eigenvalue weighted by Crippen LogP contribution is -2.55. The summed E-state index contributed by atoms with van der Waals surface area (Å²) in [5.74, 6) is -0.0641. The highest BCUT2D eigenvalue weighted by molar-refractivity contribution is 5.92. The highest BCUT2D eigenvalue weighted by Gasteiger charge is 2.45.